The number of hydrogen-bond acceptors (Lipinski definition) is 13. The first-order valence-corrected chi connectivity index (χ1v) is 27.6. The predicted octanol–water partition coefficient (Wildman–Crippen LogP) is 3.75. The van der Waals surface area contributed by atoms with Crippen molar-refractivity contribution in [3.8, 4) is 0 Å². The Labute approximate surface area is 447 Å². The quantitative estimate of drug-likeness (QED) is 0.166. The van der Waals surface area contributed by atoms with Gasteiger partial charge in [0, 0.05) is 56.4 Å². The first kappa shape index (κ1) is 62.7. The zero-order valence-corrected chi connectivity index (χ0v) is 48.1. The number of nitrogens with two attached hydrogens (primary N) is 1. The molecule has 20 nitrogen and oxygen atoms in total. The first-order valence-electron chi connectivity index (χ1n) is 27.6. The number of nitrogens with zero attached hydrogens (tertiary/aromatic N) is 6. The van der Waals surface area contributed by atoms with E-state index in [0.29, 0.717) is 25.7 Å². The van der Waals surface area contributed by atoms with Crippen molar-refractivity contribution in [1.82, 2.24) is 40.0 Å². The number of esters is 2. The van der Waals surface area contributed by atoms with Crippen LogP contribution in [0.2, 0.25) is 0 Å². The minimum Gasteiger partial charge on any atom is -0.460 e. The fraction of sp³-hybridized carbons (Fsp3) is 0.836. The molecule has 75 heavy (non-hydrogen) atoms. The monoisotopic (exact) mass is 1060 g/mol. The minimum absolute atomic E-state index is 0.00876. The van der Waals surface area contributed by atoms with E-state index in [1.165, 1.54) is 43.5 Å². The third kappa shape index (κ3) is 16.6. The summed E-state index contributed by atoms with van der Waals surface area (Å²) in [5.74, 6) is -3.35. The van der Waals surface area contributed by atoms with Gasteiger partial charge in [0.25, 0.3) is 0 Å². The molecular formula is C55H95N9O11. The van der Waals surface area contributed by atoms with E-state index in [4.69, 9.17) is 15.2 Å². The van der Waals surface area contributed by atoms with Crippen molar-refractivity contribution >= 4 is 53.3 Å². The van der Waals surface area contributed by atoms with E-state index >= 15 is 0 Å². The van der Waals surface area contributed by atoms with Crippen LogP contribution in [0.3, 0.4) is 0 Å². The molecule has 4 aliphatic carbocycles. The summed E-state index contributed by atoms with van der Waals surface area (Å²) >= 11 is 0. The smallest absolute Gasteiger partial charge is 0.308 e. The fourth-order valence-electron chi connectivity index (χ4n) is 11.9. The molecule has 4 saturated carbocycles. The normalized spacial score (nSPS) is 21.1. The summed E-state index contributed by atoms with van der Waals surface area (Å²) in [6.07, 6.45) is 13.9. The largest absolute Gasteiger partial charge is 0.460 e. The van der Waals surface area contributed by atoms with Gasteiger partial charge in [0.1, 0.15) is 40.9 Å². The van der Waals surface area contributed by atoms with Gasteiger partial charge in [-0.3, -0.25) is 43.2 Å². The van der Waals surface area contributed by atoms with Crippen LogP contribution < -0.4 is 16.4 Å². The van der Waals surface area contributed by atoms with Crippen LogP contribution in [-0.2, 0) is 52.6 Å². The summed E-state index contributed by atoms with van der Waals surface area (Å²) in [6, 6.07) is -3.95. The molecule has 5 atom stereocenters. The number of amides is 7. The van der Waals surface area contributed by atoms with Crippen molar-refractivity contribution in [2.75, 3.05) is 62.9 Å². The van der Waals surface area contributed by atoms with Crippen LogP contribution in [-0.4, -0.2) is 198 Å². The van der Waals surface area contributed by atoms with Gasteiger partial charge in [-0.25, -0.2) is 0 Å². The predicted molar refractivity (Wildman–Crippen MR) is 284 cm³/mol. The topological polar surface area (TPSA) is 242 Å². The Morgan fingerprint density at radius 1 is 0.520 bits per heavy atom. The van der Waals surface area contributed by atoms with Crippen LogP contribution in [0, 0.1) is 11.8 Å². The molecule has 1 heterocycles. The van der Waals surface area contributed by atoms with E-state index in [1.807, 2.05) is 0 Å². The maximum absolute atomic E-state index is 14.3. The number of ether oxygens (including phenoxy) is 2. The zero-order valence-electron chi connectivity index (χ0n) is 48.1. The van der Waals surface area contributed by atoms with E-state index in [1.54, 1.807) is 83.8 Å². The van der Waals surface area contributed by atoms with Crippen LogP contribution in [0.4, 0.5) is 0 Å². The molecular weight excluding hydrogens is 963 g/mol. The third-order valence-corrected chi connectivity index (χ3v) is 15.8. The van der Waals surface area contributed by atoms with Crippen LogP contribution in [0.5, 0.6) is 0 Å². The highest BCUT2D eigenvalue weighted by Gasteiger charge is 2.51. The Bertz CT molecular complexity index is 2020. The Kier molecular flexibility index (Phi) is 22.1. The van der Waals surface area contributed by atoms with E-state index in [2.05, 4.69) is 10.6 Å². The third-order valence-electron chi connectivity index (χ3n) is 15.8. The Morgan fingerprint density at radius 2 is 0.893 bits per heavy atom. The molecule has 20 heteroatoms. The number of likely N-dealkylation sites (N-methyl/N-ethyl adjacent to an activating group) is 6. The van der Waals surface area contributed by atoms with E-state index in [0.717, 1.165) is 96.4 Å². The van der Waals surface area contributed by atoms with E-state index in [-0.39, 0.29) is 66.2 Å². The average molecular weight is 1060 g/mol. The van der Waals surface area contributed by atoms with Gasteiger partial charge in [-0.15, -0.1) is 0 Å². The lowest BCUT2D eigenvalue weighted by atomic mass is 9.90. The van der Waals surface area contributed by atoms with Crippen LogP contribution in [0.1, 0.15) is 170 Å². The second-order valence-electron chi connectivity index (χ2n) is 24.6. The molecule has 426 valence electrons. The molecule has 1 aliphatic heterocycles. The van der Waals surface area contributed by atoms with Gasteiger partial charge < -0.3 is 55.2 Å². The fourth-order valence-corrected chi connectivity index (χ4v) is 11.9. The molecule has 5 rings (SSSR count). The molecule has 5 fully saturated rings. The van der Waals surface area contributed by atoms with Gasteiger partial charge >= 0.3 is 11.9 Å². The highest BCUT2D eigenvalue weighted by Crippen LogP contribution is 2.38. The molecule has 0 unspecified atom stereocenters. The highest BCUT2D eigenvalue weighted by atomic mass is 16.6. The maximum Gasteiger partial charge on any atom is 0.308 e. The summed E-state index contributed by atoms with van der Waals surface area (Å²) in [5, 5.41) is 6.30. The summed E-state index contributed by atoms with van der Waals surface area (Å²) < 4.78 is 10.9. The molecule has 0 radical (unpaired) electrons. The van der Waals surface area contributed by atoms with Gasteiger partial charge in [0.15, 0.2) is 0 Å². The van der Waals surface area contributed by atoms with Gasteiger partial charge in [-0.1, -0.05) is 51.4 Å². The Hall–Kier alpha value is -4.85. The molecule has 4 N–H and O–H groups in total. The number of carbonyl (C=O) groups excluding carboxylic acids is 9. The summed E-state index contributed by atoms with van der Waals surface area (Å²) in [6.45, 7) is 11.3. The van der Waals surface area contributed by atoms with Gasteiger partial charge in [0.2, 0.25) is 41.4 Å². The minimum atomic E-state index is -1.08. The van der Waals surface area contributed by atoms with E-state index < -0.39 is 64.3 Å². The number of rotatable bonds is 18. The molecule has 0 aromatic rings. The van der Waals surface area contributed by atoms with Crippen LogP contribution in [0.15, 0.2) is 0 Å². The van der Waals surface area contributed by atoms with Crippen molar-refractivity contribution < 1.29 is 52.6 Å². The van der Waals surface area contributed by atoms with Crippen molar-refractivity contribution in [1.29, 1.82) is 0 Å². The standard InChI is InChI=1S/C30H51N5O6.C25H44N4O5/c1-29(2,3)41-23(36)19-22(26(38)33(4)5)34(6)27(39)24(20-13-8-9-14-20)35(7)28(40)30(16-10-11-17-30)32-25(37)21-15-12-18-31-21;1-24(2,3)34-19(30)16-18(21(31)27(4)5)28(6)22(32)20(17-12-8-9-13-17)29(7)23(33)25(26)14-10-11-15-25/h20-22,24,31H,8-19H2,1-7H3,(H,32,37);17-18,20H,8-16,26H2,1-7H3/t21-,22-,24-;18-,20-/m00/s1. The summed E-state index contributed by atoms with van der Waals surface area (Å²) in [4.78, 5) is 129. The van der Waals surface area contributed by atoms with Gasteiger partial charge in [-0.2, -0.15) is 0 Å². The van der Waals surface area contributed by atoms with Gasteiger partial charge in [0.05, 0.1) is 24.4 Å². The van der Waals surface area contributed by atoms with Crippen LogP contribution in [0.25, 0.3) is 0 Å². The number of carbonyl (C=O) groups is 9. The zero-order chi connectivity index (χ0) is 56.4. The van der Waals surface area contributed by atoms with Crippen molar-refractivity contribution in [2.45, 2.75) is 222 Å². The number of hydrogen-bond donors (Lipinski definition) is 3. The van der Waals surface area contributed by atoms with Gasteiger partial charge in [-0.05, 0) is 124 Å². The van der Waals surface area contributed by atoms with Crippen LogP contribution >= 0.6 is 0 Å². The maximum atomic E-state index is 14.3. The van der Waals surface area contributed by atoms with Crippen molar-refractivity contribution in [3.05, 3.63) is 0 Å². The lowest BCUT2D eigenvalue weighted by Gasteiger charge is -2.41. The molecule has 0 aromatic carbocycles. The average Bonchev–Trinajstić information content (AvgIpc) is 4.19. The molecule has 5 aliphatic rings. The molecule has 0 bridgehead atoms. The van der Waals surface area contributed by atoms with E-state index in [9.17, 15) is 43.2 Å². The molecule has 1 saturated heterocycles. The SMILES string of the molecule is CN(C)C(=O)[C@H](CC(=O)OC(C)(C)C)N(C)C(=O)[C@H](C1CCCC1)N(C)C(=O)C1(N)CCCC1.CN(C)C(=O)[C@H](CC(=O)OC(C)(C)C)N(C)C(=O)[C@H](C1CCCC1)N(C)C(=O)C1(NC(=O)[C@@H]2CCCN2)CCCC1. The lowest BCUT2D eigenvalue weighted by Crippen LogP contribution is -2.64. The number of nitrogens with one attached hydrogen (secondary N) is 2. The summed E-state index contributed by atoms with van der Waals surface area (Å²) in [5.41, 5.74) is 3.01. The Balaban J connectivity index is 0.000000330. The second kappa shape index (κ2) is 26.5. The molecule has 0 aromatic heterocycles. The second-order valence-corrected chi connectivity index (χ2v) is 24.6. The van der Waals surface area contributed by atoms with Crippen molar-refractivity contribution in [2.24, 2.45) is 17.6 Å². The van der Waals surface area contributed by atoms with Crippen molar-refractivity contribution in [3.63, 3.8) is 0 Å². The lowest BCUT2D eigenvalue weighted by molar-refractivity contribution is -0.162. The first-order chi connectivity index (χ1) is 34.8. The Morgan fingerprint density at radius 3 is 1.24 bits per heavy atom. The molecule has 0 spiro atoms. The molecule has 7 amide bonds. The highest BCUT2D eigenvalue weighted by molar-refractivity contribution is 5.98. The summed E-state index contributed by atoms with van der Waals surface area (Å²) in [7, 11) is 12.7.